The Kier molecular flexibility index (Phi) is 8.08. The molecule has 0 aliphatic heterocycles. The molecule has 0 spiro atoms. The van der Waals surface area contributed by atoms with Crippen molar-refractivity contribution in [2.24, 2.45) is 0 Å². The Morgan fingerprint density at radius 1 is 1.38 bits per heavy atom. The number of carbonyl (C=O) groups excluding carboxylic acids is 1. The van der Waals surface area contributed by atoms with Gasteiger partial charge >= 0.3 is 6.09 Å². The molecule has 7 N–H and O–H groups in total. The predicted octanol–water partition coefficient (Wildman–Crippen LogP) is 0.950. The van der Waals surface area contributed by atoms with Crippen LogP contribution in [-0.4, -0.2) is 47.8 Å². The van der Waals surface area contributed by atoms with Gasteiger partial charge in [-0.25, -0.2) is 4.79 Å². The van der Waals surface area contributed by atoms with Crippen LogP contribution in [0.15, 0.2) is 23.3 Å². The number of alkyl carbamates (subject to hydrolysis) is 1. The van der Waals surface area contributed by atoms with E-state index in [-0.39, 0.29) is 36.5 Å². The van der Waals surface area contributed by atoms with Gasteiger partial charge in [0.2, 0.25) is 0 Å². The van der Waals surface area contributed by atoms with E-state index in [4.69, 9.17) is 16.2 Å². The molecule has 10 heteroatoms. The summed E-state index contributed by atoms with van der Waals surface area (Å²) < 4.78 is 6.07. The minimum Gasteiger partial charge on any atom is -0.453 e. The summed E-state index contributed by atoms with van der Waals surface area (Å²) in [4.78, 5) is 23.7. The number of hydrogen-bond acceptors (Lipinski definition) is 8. The molecule has 1 aliphatic carbocycles. The quantitative estimate of drug-likeness (QED) is 0.334. The summed E-state index contributed by atoms with van der Waals surface area (Å²) in [6.45, 7) is 4.22. The Hall–Kier alpha value is -3.01. The number of carbonyl (C=O) groups is 1. The molecule has 0 bridgehead atoms. The fourth-order valence-corrected chi connectivity index (χ4v) is 3.45. The second kappa shape index (κ2) is 10.5. The van der Waals surface area contributed by atoms with Crippen LogP contribution in [0.4, 0.5) is 16.3 Å². The third-order valence-electron chi connectivity index (χ3n) is 4.95. The number of ether oxygens (including phenoxy) is 1. The molecule has 1 aromatic rings. The SMILES string of the molecule is C=C(Nc1c(C=N)c(N)cc(=O)n1CCCO)NC1CCC(NC(=O)OC)CC1. The molecule has 10 nitrogen and oxygen atoms in total. The first-order chi connectivity index (χ1) is 13.9. The molecule has 1 fully saturated rings. The first kappa shape index (κ1) is 22.3. The van der Waals surface area contributed by atoms with Crippen LogP contribution in [0.25, 0.3) is 0 Å². The van der Waals surface area contributed by atoms with Crippen molar-refractivity contribution < 1.29 is 14.6 Å². The van der Waals surface area contributed by atoms with Gasteiger partial charge in [-0.05, 0) is 32.1 Å². The number of aliphatic hydroxyl groups excluding tert-OH is 1. The number of methoxy groups -OCH3 is 1. The molecule has 0 aromatic carbocycles. The number of anilines is 2. The number of nitrogen functional groups attached to an aromatic ring is 1. The van der Waals surface area contributed by atoms with E-state index in [1.807, 2.05) is 0 Å². The Morgan fingerprint density at radius 3 is 2.55 bits per heavy atom. The Morgan fingerprint density at radius 2 is 2.00 bits per heavy atom. The highest BCUT2D eigenvalue weighted by molar-refractivity contribution is 5.91. The number of rotatable bonds is 9. The largest absolute Gasteiger partial charge is 0.453 e. The van der Waals surface area contributed by atoms with E-state index in [1.54, 1.807) is 0 Å². The maximum absolute atomic E-state index is 12.3. The second-order valence-electron chi connectivity index (χ2n) is 7.01. The van der Waals surface area contributed by atoms with Crippen LogP contribution >= 0.6 is 0 Å². The molecule has 1 heterocycles. The molecule has 0 saturated heterocycles. The van der Waals surface area contributed by atoms with Gasteiger partial charge < -0.3 is 36.9 Å². The smallest absolute Gasteiger partial charge is 0.407 e. The van der Waals surface area contributed by atoms with E-state index in [0.717, 1.165) is 31.9 Å². The highest BCUT2D eigenvalue weighted by atomic mass is 16.5. The molecule has 29 heavy (non-hydrogen) atoms. The summed E-state index contributed by atoms with van der Waals surface area (Å²) in [6, 6.07) is 1.52. The van der Waals surface area contributed by atoms with E-state index in [0.29, 0.717) is 23.6 Å². The normalized spacial score (nSPS) is 18.6. The second-order valence-corrected chi connectivity index (χ2v) is 7.01. The summed E-state index contributed by atoms with van der Waals surface area (Å²) in [5.74, 6) is 0.859. The van der Waals surface area contributed by atoms with Gasteiger partial charge in [0.15, 0.2) is 0 Å². The van der Waals surface area contributed by atoms with Crippen LogP contribution in [0.2, 0.25) is 0 Å². The van der Waals surface area contributed by atoms with Crippen LogP contribution in [-0.2, 0) is 11.3 Å². The lowest BCUT2D eigenvalue weighted by atomic mass is 9.91. The van der Waals surface area contributed by atoms with Crippen molar-refractivity contribution in [1.29, 1.82) is 5.41 Å². The number of nitrogens with one attached hydrogen (secondary N) is 4. The van der Waals surface area contributed by atoms with E-state index in [2.05, 4.69) is 27.3 Å². The minimum absolute atomic E-state index is 0.0573. The summed E-state index contributed by atoms with van der Waals surface area (Å²) in [7, 11) is 1.34. The van der Waals surface area contributed by atoms with Gasteiger partial charge in [0.05, 0.1) is 18.5 Å². The Bertz CT molecular complexity index is 799. The Labute approximate surface area is 169 Å². The van der Waals surface area contributed by atoms with Crippen molar-refractivity contribution in [3.63, 3.8) is 0 Å². The number of hydrogen-bond donors (Lipinski definition) is 6. The van der Waals surface area contributed by atoms with Crippen LogP contribution in [0.3, 0.4) is 0 Å². The fraction of sp³-hybridized carbons (Fsp3) is 0.526. The van der Waals surface area contributed by atoms with Gasteiger partial charge in [0.25, 0.3) is 5.56 Å². The van der Waals surface area contributed by atoms with Crippen LogP contribution in [0.5, 0.6) is 0 Å². The van der Waals surface area contributed by atoms with Crippen LogP contribution in [0, 0.1) is 5.41 Å². The number of amides is 1. The molecule has 0 unspecified atom stereocenters. The van der Waals surface area contributed by atoms with Gasteiger partial charge in [-0.1, -0.05) is 6.58 Å². The molecule has 0 radical (unpaired) electrons. The van der Waals surface area contributed by atoms with Crippen LogP contribution in [0.1, 0.15) is 37.7 Å². The number of nitrogens with zero attached hydrogens (tertiary/aromatic N) is 1. The molecule has 0 atom stereocenters. The zero-order valence-electron chi connectivity index (χ0n) is 16.7. The molecular formula is C19H30N6O4. The van der Waals surface area contributed by atoms with E-state index < -0.39 is 6.09 Å². The highest BCUT2D eigenvalue weighted by Crippen LogP contribution is 2.22. The summed E-state index contributed by atoms with van der Waals surface area (Å²) in [5.41, 5.74) is 6.18. The van der Waals surface area contributed by atoms with Crippen molar-refractivity contribution in [1.82, 2.24) is 15.2 Å². The average Bonchev–Trinajstić information content (AvgIpc) is 2.69. The van der Waals surface area contributed by atoms with Crippen molar-refractivity contribution in [2.45, 2.75) is 50.7 Å². The number of nitrogens with two attached hydrogens (primary N) is 1. The summed E-state index contributed by atoms with van der Waals surface area (Å²) in [5, 5.41) is 26.0. The maximum Gasteiger partial charge on any atom is 0.407 e. The van der Waals surface area contributed by atoms with E-state index in [1.165, 1.54) is 17.7 Å². The summed E-state index contributed by atoms with van der Waals surface area (Å²) in [6.07, 6.45) is 4.35. The molecular weight excluding hydrogens is 376 g/mol. The molecule has 2 rings (SSSR count). The average molecular weight is 406 g/mol. The lowest BCUT2D eigenvalue weighted by Gasteiger charge is -2.31. The van der Waals surface area contributed by atoms with E-state index >= 15 is 0 Å². The first-order valence-electron chi connectivity index (χ1n) is 9.61. The van der Waals surface area contributed by atoms with Gasteiger partial charge in [-0.3, -0.25) is 9.36 Å². The minimum atomic E-state index is -0.422. The van der Waals surface area contributed by atoms with E-state index in [9.17, 15) is 9.59 Å². The molecule has 1 amide bonds. The zero-order chi connectivity index (χ0) is 21.4. The molecule has 1 aromatic heterocycles. The third-order valence-corrected chi connectivity index (χ3v) is 4.95. The van der Waals surface area contributed by atoms with Gasteiger partial charge in [0.1, 0.15) is 5.82 Å². The van der Waals surface area contributed by atoms with Gasteiger partial charge in [-0.2, -0.15) is 0 Å². The molecule has 1 saturated carbocycles. The summed E-state index contributed by atoms with van der Waals surface area (Å²) >= 11 is 0. The van der Waals surface area contributed by atoms with Crippen molar-refractivity contribution >= 4 is 23.8 Å². The van der Waals surface area contributed by atoms with Crippen molar-refractivity contribution in [2.75, 3.05) is 24.8 Å². The standard InChI is InChI=1S/C19H30N6O4/c1-12(22-13-4-6-14(7-5-13)24-19(28)29-2)23-18-15(11-20)16(21)10-17(27)25(18)8-3-9-26/h10-11,13-14,20,22-23,26H,1,3-9,21H2,2H3,(H,24,28). The number of aliphatic hydroxyl groups is 1. The monoisotopic (exact) mass is 406 g/mol. The number of pyridine rings is 1. The fourth-order valence-electron chi connectivity index (χ4n) is 3.45. The topological polar surface area (TPSA) is 154 Å². The van der Waals surface area contributed by atoms with Crippen molar-refractivity contribution in [3.05, 3.63) is 34.4 Å². The predicted molar refractivity (Wildman–Crippen MR) is 112 cm³/mol. The third kappa shape index (κ3) is 5.98. The number of aromatic nitrogens is 1. The first-order valence-corrected chi connectivity index (χ1v) is 9.61. The maximum atomic E-state index is 12.3. The Balaban J connectivity index is 2.04. The highest BCUT2D eigenvalue weighted by Gasteiger charge is 2.23. The lowest BCUT2D eigenvalue weighted by Crippen LogP contribution is -2.42. The van der Waals surface area contributed by atoms with Crippen LogP contribution < -0.4 is 27.2 Å². The molecule has 1 aliphatic rings. The molecule has 160 valence electrons. The van der Waals surface area contributed by atoms with Gasteiger partial charge in [-0.15, -0.1) is 0 Å². The lowest BCUT2D eigenvalue weighted by molar-refractivity contribution is 0.162. The van der Waals surface area contributed by atoms with Crippen molar-refractivity contribution in [3.8, 4) is 0 Å². The van der Waals surface area contributed by atoms with Gasteiger partial charge in [0, 0.05) is 43.2 Å². The zero-order valence-corrected chi connectivity index (χ0v) is 16.7.